The number of ether oxygens (including phenoxy) is 4. The zero-order valence-corrected chi connectivity index (χ0v) is 14.2. The second-order valence-electron chi connectivity index (χ2n) is 4.80. The van der Waals surface area contributed by atoms with Gasteiger partial charge >= 0.3 is 29.8 Å². The van der Waals surface area contributed by atoms with Crippen LogP contribution >= 0.6 is 0 Å². The summed E-state index contributed by atoms with van der Waals surface area (Å²) in [6, 6.07) is 0. The molecule has 0 aliphatic heterocycles. The highest BCUT2D eigenvalue weighted by molar-refractivity contribution is 5.80. The standard InChI is InChI=1S/C15H20O10/c1-8(16)22-7-13(24-10(3)18)15(25-11(4)19)12(23-9(2)17)5-6-14(20)21/h5-6,12-13,15H,7H2,1-4H3,(H,20,21)/b6-5+/t12-,13-,15+/m1/s1. The monoisotopic (exact) mass is 360 g/mol. The molecule has 0 aliphatic rings. The van der Waals surface area contributed by atoms with Crippen LogP contribution in [-0.4, -0.2) is 59.9 Å². The molecule has 10 heteroatoms. The average Bonchev–Trinajstić information content (AvgIpc) is 2.44. The minimum absolute atomic E-state index is 0.495. The number of hydrogen-bond acceptors (Lipinski definition) is 9. The van der Waals surface area contributed by atoms with Gasteiger partial charge in [0.15, 0.2) is 18.3 Å². The Bertz CT molecular complexity index is 551. The highest BCUT2D eigenvalue weighted by Gasteiger charge is 2.36. The van der Waals surface area contributed by atoms with Crippen LogP contribution in [-0.2, 0) is 42.9 Å². The minimum atomic E-state index is -1.43. The molecule has 0 spiro atoms. The van der Waals surface area contributed by atoms with Crippen LogP contribution in [0.25, 0.3) is 0 Å². The van der Waals surface area contributed by atoms with Gasteiger partial charge in [-0.2, -0.15) is 0 Å². The number of esters is 4. The second kappa shape index (κ2) is 10.8. The molecule has 0 fully saturated rings. The van der Waals surface area contributed by atoms with Crippen LogP contribution in [0.1, 0.15) is 27.7 Å². The van der Waals surface area contributed by atoms with Gasteiger partial charge in [-0.1, -0.05) is 0 Å². The molecule has 0 aliphatic carbocycles. The molecule has 0 bridgehead atoms. The highest BCUT2D eigenvalue weighted by Crippen LogP contribution is 2.16. The Hall–Kier alpha value is -2.91. The zero-order chi connectivity index (χ0) is 19.6. The molecular weight excluding hydrogens is 340 g/mol. The van der Waals surface area contributed by atoms with Gasteiger partial charge in [0.05, 0.1) is 0 Å². The minimum Gasteiger partial charge on any atom is -0.478 e. The lowest BCUT2D eigenvalue weighted by molar-refractivity contribution is -0.185. The highest BCUT2D eigenvalue weighted by atomic mass is 16.6. The van der Waals surface area contributed by atoms with Crippen molar-refractivity contribution in [2.45, 2.75) is 46.0 Å². The van der Waals surface area contributed by atoms with E-state index < -0.39 is 54.8 Å². The fourth-order valence-electron chi connectivity index (χ4n) is 1.74. The third kappa shape index (κ3) is 10.5. The fraction of sp³-hybridized carbons (Fsp3) is 0.533. The van der Waals surface area contributed by atoms with Crippen molar-refractivity contribution in [3.05, 3.63) is 12.2 Å². The topological polar surface area (TPSA) is 142 Å². The third-order valence-corrected chi connectivity index (χ3v) is 2.49. The van der Waals surface area contributed by atoms with Crippen molar-refractivity contribution in [1.29, 1.82) is 0 Å². The number of carboxylic acid groups (broad SMARTS) is 1. The van der Waals surface area contributed by atoms with Gasteiger partial charge in [-0.05, 0) is 6.08 Å². The van der Waals surface area contributed by atoms with Crippen LogP contribution in [0.5, 0.6) is 0 Å². The average molecular weight is 360 g/mol. The lowest BCUT2D eigenvalue weighted by atomic mass is 10.1. The van der Waals surface area contributed by atoms with Crippen molar-refractivity contribution in [3.63, 3.8) is 0 Å². The molecule has 0 amide bonds. The number of hydrogen-bond donors (Lipinski definition) is 1. The lowest BCUT2D eigenvalue weighted by Crippen LogP contribution is -2.46. The van der Waals surface area contributed by atoms with Crippen LogP contribution in [0.2, 0.25) is 0 Å². The van der Waals surface area contributed by atoms with E-state index in [4.69, 9.17) is 24.1 Å². The molecule has 0 aromatic rings. The number of carbonyl (C=O) groups is 5. The maximum atomic E-state index is 11.4. The Morgan fingerprint density at radius 2 is 1.36 bits per heavy atom. The van der Waals surface area contributed by atoms with Gasteiger partial charge in [0.2, 0.25) is 0 Å². The van der Waals surface area contributed by atoms with Crippen molar-refractivity contribution in [2.24, 2.45) is 0 Å². The van der Waals surface area contributed by atoms with Crippen LogP contribution < -0.4 is 0 Å². The van der Waals surface area contributed by atoms with E-state index in [9.17, 15) is 24.0 Å². The van der Waals surface area contributed by atoms with Crippen LogP contribution in [0.15, 0.2) is 12.2 Å². The molecular formula is C15H20O10. The van der Waals surface area contributed by atoms with E-state index >= 15 is 0 Å². The summed E-state index contributed by atoms with van der Waals surface area (Å²) in [5.74, 6) is -4.43. The SMILES string of the molecule is CC(=O)OC[C@@H](OC(C)=O)[C@@H](OC(C)=O)[C@@H](/C=C/C(=O)O)OC(C)=O. The molecule has 0 heterocycles. The molecule has 1 N–H and O–H groups in total. The van der Waals surface area contributed by atoms with Crippen LogP contribution in [0.3, 0.4) is 0 Å². The first-order valence-corrected chi connectivity index (χ1v) is 7.09. The third-order valence-electron chi connectivity index (χ3n) is 2.49. The second-order valence-corrected chi connectivity index (χ2v) is 4.80. The fourth-order valence-corrected chi connectivity index (χ4v) is 1.74. The van der Waals surface area contributed by atoms with Gasteiger partial charge in [-0.25, -0.2) is 4.79 Å². The number of carboxylic acids is 1. The Labute approximate surface area is 143 Å². The van der Waals surface area contributed by atoms with Gasteiger partial charge in [0, 0.05) is 33.8 Å². The van der Waals surface area contributed by atoms with Gasteiger partial charge < -0.3 is 24.1 Å². The molecule has 25 heavy (non-hydrogen) atoms. The zero-order valence-electron chi connectivity index (χ0n) is 14.2. The number of aliphatic carboxylic acids is 1. The molecule has 0 aromatic carbocycles. The molecule has 0 aromatic heterocycles. The predicted octanol–water partition coefficient (Wildman–Crippen LogP) is -0.0146. The molecule has 0 unspecified atom stereocenters. The number of rotatable bonds is 9. The summed E-state index contributed by atoms with van der Waals surface area (Å²) in [6.07, 6.45) is -2.53. The summed E-state index contributed by atoms with van der Waals surface area (Å²) in [6.45, 7) is 3.79. The van der Waals surface area contributed by atoms with E-state index in [-0.39, 0.29) is 0 Å². The lowest BCUT2D eigenvalue weighted by Gasteiger charge is -2.30. The largest absolute Gasteiger partial charge is 0.478 e. The Morgan fingerprint density at radius 1 is 0.840 bits per heavy atom. The molecule has 0 saturated heterocycles. The summed E-state index contributed by atoms with van der Waals surface area (Å²) >= 11 is 0. The van der Waals surface area contributed by atoms with E-state index in [0.29, 0.717) is 6.08 Å². The van der Waals surface area contributed by atoms with Gasteiger partial charge in [0.1, 0.15) is 6.61 Å². The van der Waals surface area contributed by atoms with Crippen molar-refractivity contribution in [2.75, 3.05) is 6.61 Å². The summed E-state index contributed by atoms with van der Waals surface area (Å²) in [5, 5.41) is 8.73. The van der Waals surface area contributed by atoms with Crippen molar-refractivity contribution >= 4 is 29.8 Å². The van der Waals surface area contributed by atoms with E-state index in [2.05, 4.69) is 0 Å². The van der Waals surface area contributed by atoms with Crippen molar-refractivity contribution < 1.29 is 48.0 Å². The van der Waals surface area contributed by atoms with E-state index in [1.165, 1.54) is 0 Å². The first kappa shape index (κ1) is 22.1. The summed E-state index contributed by atoms with van der Waals surface area (Å²) in [7, 11) is 0. The van der Waals surface area contributed by atoms with Crippen LogP contribution in [0, 0.1) is 0 Å². The van der Waals surface area contributed by atoms with Gasteiger partial charge in [-0.3, -0.25) is 19.2 Å². The molecule has 0 saturated carbocycles. The Morgan fingerprint density at radius 3 is 1.76 bits per heavy atom. The van der Waals surface area contributed by atoms with E-state index in [1.54, 1.807) is 0 Å². The van der Waals surface area contributed by atoms with Gasteiger partial charge in [-0.15, -0.1) is 0 Å². The van der Waals surface area contributed by atoms with E-state index in [0.717, 1.165) is 33.8 Å². The molecule has 0 rings (SSSR count). The van der Waals surface area contributed by atoms with E-state index in [1.807, 2.05) is 0 Å². The Kier molecular flexibility index (Phi) is 9.53. The molecule has 140 valence electrons. The summed E-state index contributed by atoms with van der Waals surface area (Å²) < 4.78 is 19.7. The first-order chi connectivity index (χ1) is 11.5. The maximum Gasteiger partial charge on any atom is 0.328 e. The van der Waals surface area contributed by atoms with Crippen LogP contribution in [0.4, 0.5) is 0 Å². The molecule has 0 radical (unpaired) electrons. The van der Waals surface area contributed by atoms with Gasteiger partial charge in [0.25, 0.3) is 0 Å². The van der Waals surface area contributed by atoms with Crippen molar-refractivity contribution in [1.82, 2.24) is 0 Å². The molecule has 10 nitrogen and oxygen atoms in total. The predicted molar refractivity (Wildman–Crippen MR) is 80.1 cm³/mol. The maximum absolute atomic E-state index is 11.4. The Balaban J connectivity index is 5.72. The summed E-state index contributed by atoms with van der Waals surface area (Å²) in [5.41, 5.74) is 0. The quantitative estimate of drug-likeness (QED) is 0.338. The molecule has 3 atom stereocenters. The smallest absolute Gasteiger partial charge is 0.328 e. The first-order valence-electron chi connectivity index (χ1n) is 7.09. The number of carbonyl (C=O) groups excluding carboxylic acids is 4. The summed E-state index contributed by atoms with van der Waals surface area (Å²) in [4.78, 5) is 55.6. The normalized spacial score (nSPS) is 14.1. The van der Waals surface area contributed by atoms with Crippen molar-refractivity contribution in [3.8, 4) is 0 Å².